The number of hydrogen-bond acceptors (Lipinski definition) is 2. The summed E-state index contributed by atoms with van der Waals surface area (Å²) in [5, 5.41) is 7.30. The van der Waals surface area contributed by atoms with Crippen LogP contribution in [-0.2, 0) is 0 Å². The van der Waals surface area contributed by atoms with Crippen molar-refractivity contribution in [3.05, 3.63) is 29.8 Å². The molecule has 1 rings (SSSR count). The van der Waals surface area contributed by atoms with Crippen molar-refractivity contribution < 1.29 is 0 Å². The van der Waals surface area contributed by atoms with Crippen molar-refractivity contribution in [1.29, 1.82) is 5.41 Å². The summed E-state index contributed by atoms with van der Waals surface area (Å²) in [6, 6.07) is 7.39. The molecule has 2 heteroatoms. The molecule has 0 aliphatic heterocycles. The Kier molecular flexibility index (Phi) is 10.6. The predicted octanol–water partition coefficient (Wildman–Crippen LogP) is 3.71. The maximum atomic E-state index is 7.30. The third-order valence-electron chi connectivity index (χ3n) is 1.36. The normalized spacial score (nSPS) is 7.50. The summed E-state index contributed by atoms with van der Waals surface area (Å²) in [5.41, 5.74) is 7.59. The van der Waals surface area contributed by atoms with Crippen LogP contribution in [0.5, 0.6) is 0 Å². The van der Waals surface area contributed by atoms with Gasteiger partial charge in [0, 0.05) is 17.0 Å². The molecule has 0 saturated heterocycles. The molecule has 3 N–H and O–H groups in total. The van der Waals surface area contributed by atoms with E-state index in [9.17, 15) is 0 Å². The third kappa shape index (κ3) is 5.36. The van der Waals surface area contributed by atoms with Crippen LogP contribution in [0.4, 0.5) is 5.69 Å². The van der Waals surface area contributed by atoms with Gasteiger partial charge < -0.3 is 11.1 Å². The van der Waals surface area contributed by atoms with Crippen molar-refractivity contribution in [1.82, 2.24) is 0 Å². The lowest BCUT2D eigenvalue weighted by Gasteiger charge is -2.00. The van der Waals surface area contributed by atoms with Gasteiger partial charge in [0.25, 0.3) is 0 Å². The molecule has 0 spiro atoms. The van der Waals surface area contributed by atoms with E-state index in [-0.39, 0.29) is 0 Å². The van der Waals surface area contributed by atoms with Gasteiger partial charge in [-0.2, -0.15) is 0 Å². The van der Waals surface area contributed by atoms with Gasteiger partial charge >= 0.3 is 0 Å². The minimum absolute atomic E-state index is 0.512. The fraction of sp³-hybridized carbons (Fsp3) is 0.417. The average Bonchev–Trinajstić information content (AvgIpc) is 2.24. The van der Waals surface area contributed by atoms with Gasteiger partial charge in [-0.25, -0.2) is 0 Å². The highest BCUT2D eigenvalue weighted by atomic mass is 14.6. The zero-order valence-electron chi connectivity index (χ0n) is 9.89. The van der Waals surface area contributed by atoms with Crippen LogP contribution >= 0.6 is 0 Å². The van der Waals surface area contributed by atoms with E-state index in [4.69, 9.17) is 11.1 Å². The summed E-state index contributed by atoms with van der Waals surface area (Å²) in [6.07, 6.45) is 0. The van der Waals surface area contributed by atoms with Crippen molar-refractivity contribution >= 4 is 11.4 Å². The Labute approximate surface area is 87.7 Å². The first-order valence-corrected chi connectivity index (χ1v) is 5.12. The van der Waals surface area contributed by atoms with Gasteiger partial charge in [0.1, 0.15) is 0 Å². The highest BCUT2D eigenvalue weighted by Gasteiger charge is 1.96. The maximum Gasteiger partial charge on any atom is 0.0405 e. The minimum atomic E-state index is 0.512. The van der Waals surface area contributed by atoms with Gasteiger partial charge in [-0.3, -0.25) is 0 Å². The molecular weight excluding hydrogens is 172 g/mol. The molecule has 1 aromatic carbocycles. The van der Waals surface area contributed by atoms with Crippen molar-refractivity contribution in [3.63, 3.8) is 0 Å². The summed E-state index contributed by atoms with van der Waals surface area (Å²) in [7, 11) is 0. The summed E-state index contributed by atoms with van der Waals surface area (Å²) in [5.74, 6) is 0. The van der Waals surface area contributed by atoms with Crippen molar-refractivity contribution in [2.45, 2.75) is 34.6 Å². The van der Waals surface area contributed by atoms with E-state index in [1.54, 1.807) is 13.0 Å². The van der Waals surface area contributed by atoms with Crippen LogP contribution in [0.25, 0.3) is 0 Å². The summed E-state index contributed by atoms with van der Waals surface area (Å²) in [4.78, 5) is 0. The molecule has 0 amide bonds. The van der Waals surface area contributed by atoms with Gasteiger partial charge in [-0.15, -0.1) is 0 Å². The molecule has 1 aromatic rings. The molecule has 0 aliphatic carbocycles. The van der Waals surface area contributed by atoms with Crippen molar-refractivity contribution in [2.24, 2.45) is 0 Å². The van der Waals surface area contributed by atoms with Gasteiger partial charge in [0.15, 0.2) is 0 Å². The second-order valence-electron chi connectivity index (χ2n) is 2.21. The van der Waals surface area contributed by atoms with Crippen LogP contribution in [0.2, 0.25) is 0 Å². The highest BCUT2D eigenvalue weighted by Crippen LogP contribution is 2.09. The van der Waals surface area contributed by atoms with E-state index >= 15 is 0 Å². The van der Waals surface area contributed by atoms with Crippen molar-refractivity contribution in [2.75, 3.05) is 5.73 Å². The molecule has 80 valence electrons. The van der Waals surface area contributed by atoms with Gasteiger partial charge in [-0.05, 0) is 13.0 Å². The van der Waals surface area contributed by atoms with E-state index in [0.717, 1.165) is 5.56 Å². The largest absolute Gasteiger partial charge is 0.398 e. The molecule has 0 saturated carbocycles. The van der Waals surface area contributed by atoms with E-state index < -0.39 is 0 Å². The molecule has 0 aromatic heterocycles. The smallest absolute Gasteiger partial charge is 0.0405 e. The Morgan fingerprint density at radius 1 is 1.07 bits per heavy atom. The zero-order valence-corrected chi connectivity index (χ0v) is 9.89. The first-order chi connectivity index (χ1) is 6.72. The molecule has 0 atom stereocenters. The third-order valence-corrected chi connectivity index (χ3v) is 1.36. The lowest BCUT2D eigenvalue weighted by atomic mass is 10.1. The van der Waals surface area contributed by atoms with Crippen molar-refractivity contribution in [3.8, 4) is 0 Å². The van der Waals surface area contributed by atoms with E-state index in [0.29, 0.717) is 11.4 Å². The monoisotopic (exact) mass is 194 g/mol. The second kappa shape index (κ2) is 9.78. The molecule has 0 bridgehead atoms. The Bertz CT molecular complexity index is 254. The molecule has 14 heavy (non-hydrogen) atoms. The molecular formula is C12H22N2. The van der Waals surface area contributed by atoms with Gasteiger partial charge in [0.05, 0.1) is 0 Å². The second-order valence-corrected chi connectivity index (χ2v) is 2.21. The maximum absolute atomic E-state index is 7.30. The molecule has 0 fully saturated rings. The quantitative estimate of drug-likeness (QED) is 0.519. The highest BCUT2D eigenvalue weighted by molar-refractivity contribution is 6.00. The fourth-order valence-electron chi connectivity index (χ4n) is 0.839. The lowest BCUT2D eigenvalue weighted by molar-refractivity contribution is 1.46. The van der Waals surface area contributed by atoms with Crippen LogP contribution in [0.3, 0.4) is 0 Å². The first kappa shape index (κ1) is 15.2. The molecule has 0 unspecified atom stereocenters. The first-order valence-electron chi connectivity index (χ1n) is 5.12. The zero-order chi connectivity index (χ0) is 11.6. The fourth-order valence-corrected chi connectivity index (χ4v) is 0.839. The Morgan fingerprint density at radius 3 is 1.79 bits per heavy atom. The number of nitrogen functional groups attached to an aromatic ring is 1. The summed E-state index contributed by atoms with van der Waals surface area (Å²) >= 11 is 0. The lowest BCUT2D eigenvalue weighted by Crippen LogP contribution is -1.97. The number of benzene rings is 1. The van der Waals surface area contributed by atoms with E-state index in [2.05, 4.69) is 0 Å². The van der Waals surface area contributed by atoms with Crippen LogP contribution in [0.15, 0.2) is 24.3 Å². The standard InChI is InChI=1S/C8H10N2.2C2H6/c1-6(9)7-4-2-3-5-8(7)10;2*1-2/h2-5,9H,10H2,1H3;2*1-2H3. The Morgan fingerprint density at radius 2 is 1.50 bits per heavy atom. The number of nitrogens with one attached hydrogen (secondary N) is 1. The van der Waals surface area contributed by atoms with E-state index in [1.807, 2.05) is 45.9 Å². The number of para-hydroxylation sites is 1. The Hall–Kier alpha value is -1.31. The number of rotatable bonds is 1. The number of nitrogens with two attached hydrogens (primary N) is 1. The minimum Gasteiger partial charge on any atom is -0.398 e. The van der Waals surface area contributed by atoms with Crippen LogP contribution in [0, 0.1) is 5.41 Å². The van der Waals surface area contributed by atoms with Crippen LogP contribution in [0.1, 0.15) is 40.2 Å². The molecule has 0 aliphatic rings. The van der Waals surface area contributed by atoms with E-state index in [1.165, 1.54) is 0 Å². The van der Waals surface area contributed by atoms with Gasteiger partial charge in [-0.1, -0.05) is 45.9 Å². The summed E-state index contributed by atoms with van der Waals surface area (Å²) in [6.45, 7) is 9.73. The molecule has 0 heterocycles. The Balaban J connectivity index is 0. The summed E-state index contributed by atoms with van der Waals surface area (Å²) < 4.78 is 0. The van der Waals surface area contributed by atoms with Gasteiger partial charge in [0.2, 0.25) is 0 Å². The molecule has 0 radical (unpaired) electrons. The molecule has 2 nitrogen and oxygen atoms in total. The topological polar surface area (TPSA) is 49.9 Å². The predicted molar refractivity (Wildman–Crippen MR) is 66.1 cm³/mol. The van der Waals surface area contributed by atoms with Crippen LogP contribution < -0.4 is 5.73 Å². The van der Waals surface area contributed by atoms with Crippen LogP contribution in [-0.4, -0.2) is 5.71 Å². The SMILES string of the molecule is CC.CC.CC(=N)c1ccccc1N. The average molecular weight is 194 g/mol. The number of hydrogen-bond donors (Lipinski definition) is 2. The number of anilines is 1.